The molecule has 0 aromatic heterocycles. The van der Waals surface area contributed by atoms with Crippen LogP contribution in [0.3, 0.4) is 0 Å². The Balaban J connectivity index is 2.19. The van der Waals surface area contributed by atoms with Gasteiger partial charge in [0.05, 0.1) is 21.8 Å². The van der Waals surface area contributed by atoms with E-state index in [2.05, 4.69) is 4.72 Å². The van der Waals surface area contributed by atoms with Crippen LogP contribution in [0.15, 0.2) is 17.0 Å². The van der Waals surface area contributed by atoms with Crippen molar-refractivity contribution in [1.29, 1.82) is 0 Å². The van der Waals surface area contributed by atoms with E-state index in [1.165, 1.54) is 12.1 Å². The van der Waals surface area contributed by atoms with E-state index in [0.717, 1.165) is 0 Å². The molecule has 0 radical (unpaired) electrons. The monoisotopic (exact) mass is 324 g/mol. The number of rotatable bonds is 4. The lowest BCUT2D eigenvalue weighted by Gasteiger charge is -2.34. The van der Waals surface area contributed by atoms with E-state index in [0.29, 0.717) is 12.8 Å². The normalized spacial score (nSPS) is 23.1. The molecule has 1 aromatic rings. The number of nitrogens with two attached hydrogens (primary N) is 1. The van der Waals surface area contributed by atoms with E-state index < -0.39 is 10.0 Å². The third kappa shape index (κ3) is 2.98. The van der Waals surface area contributed by atoms with Gasteiger partial charge in [-0.25, -0.2) is 13.1 Å². The van der Waals surface area contributed by atoms with Gasteiger partial charge in [0.25, 0.3) is 0 Å². The highest BCUT2D eigenvalue weighted by atomic mass is 35.5. The van der Waals surface area contributed by atoms with Crippen molar-refractivity contribution in [2.75, 3.05) is 12.8 Å². The van der Waals surface area contributed by atoms with Gasteiger partial charge in [-0.15, -0.1) is 0 Å². The van der Waals surface area contributed by atoms with Gasteiger partial charge in [-0.05, 0) is 25.0 Å². The number of benzene rings is 1. The molecule has 0 aliphatic heterocycles. The Morgan fingerprint density at radius 3 is 2.58 bits per heavy atom. The number of halogens is 2. The maximum absolute atomic E-state index is 12.2. The van der Waals surface area contributed by atoms with Gasteiger partial charge in [0.1, 0.15) is 4.90 Å². The summed E-state index contributed by atoms with van der Waals surface area (Å²) in [5.74, 6) is 0. The molecule has 19 heavy (non-hydrogen) atoms. The van der Waals surface area contributed by atoms with Crippen LogP contribution in [-0.2, 0) is 14.8 Å². The largest absolute Gasteiger partial charge is 0.396 e. The Bertz CT molecular complexity index is 586. The van der Waals surface area contributed by atoms with E-state index in [1.54, 1.807) is 7.11 Å². The van der Waals surface area contributed by atoms with Crippen molar-refractivity contribution in [3.05, 3.63) is 22.2 Å². The van der Waals surface area contributed by atoms with Crippen LogP contribution >= 0.6 is 23.2 Å². The average Bonchev–Trinajstić information content (AvgIpc) is 2.30. The maximum Gasteiger partial charge on any atom is 0.242 e. The van der Waals surface area contributed by atoms with E-state index in [9.17, 15) is 8.42 Å². The summed E-state index contributed by atoms with van der Waals surface area (Å²) in [4.78, 5) is -0.0584. The van der Waals surface area contributed by atoms with Crippen LogP contribution in [0.5, 0.6) is 0 Å². The number of anilines is 1. The van der Waals surface area contributed by atoms with Crippen molar-refractivity contribution in [3.8, 4) is 0 Å². The topological polar surface area (TPSA) is 81.4 Å². The van der Waals surface area contributed by atoms with Gasteiger partial charge in [0, 0.05) is 13.2 Å². The lowest BCUT2D eigenvalue weighted by atomic mass is 9.90. The fourth-order valence-corrected chi connectivity index (χ4v) is 3.92. The lowest BCUT2D eigenvalue weighted by Crippen LogP contribution is -2.47. The minimum Gasteiger partial charge on any atom is -0.396 e. The molecule has 0 heterocycles. The van der Waals surface area contributed by atoms with Crippen molar-refractivity contribution in [1.82, 2.24) is 4.72 Å². The molecule has 2 rings (SSSR count). The Labute approximate surface area is 122 Å². The Hall–Kier alpha value is -0.530. The second-order valence-electron chi connectivity index (χ2n) is 4.42. The zero-order valence-corrected chi connectivity index (χ0v) is 12.5. The van der Waals surface area contributed by atoms with Crippen molar-refractivity contribution in [3.63, 3.8) is 0 Å². The van der Waals surface area contributed by atoms with Crippen molar-refractivity contribution in [2.24, 2.45) is 0 Å². The number of methoxy groups -OCH3 is 1. The second kappa shape index (κ2) is 5.46. The lowest BCUT2D eigenvalue weighted by molar-refractivity contribution is 0.0236. The highest BCUT2D eigenvalue weighted by Gasteiger charge is 2.33. The summed E-state index contributed by atoms with van der Waals surface area (Å²) in [6.45, 7) is 0. The molecule has 1 fully saturated rings. The molecule has 1 aromatic carbocycles. The summed E-state index contributed by atoms with van der Waals surface area (Å²) in [5, 5.41) is 0.176. The van der Waals surface area contributed by atoms with Crippen LogP contribution in [0.1, 0.15) is 12.8 Å². The fourth-order valence-electron chi connectivity index (χ4n) is 1.89. The highest BCUT2D eigenvalue weighted by Crippen LogP contribution is 2.34. The van der Waals surface area contributed by atoms with Crippen LogP contribution in [0.4, 0.5) is 5.69 Å². The van der Waals surface area contributed by atoms with E-state index in [1.807, 2.05) is 0 Å². The Morgan fingerprint density at radius 1 is 1.37 bits per heavy atom. The third-order valence-electron chi connectivity index (χ3n) is 3.13. The van der Waals surface area contributed by atoms with Gasteiger partial charge in [-0.2, -0.15) is 0 Å². The van der Waals surface area contributed by atoms with E-state index in [4.69, 9.17) is 33.7 Å². The van der Waals surface area contributed by atoms with Gasteiger partial charge in [-0.3, -0.25) is 0 Å². The van der Waals surface area contributed by atoms with Gasteiger partial charge in [-0.1, -0.05) is 23.2 Å². The number of hydrogen-bond acceptors (Lipinski definition) is 4. The molecule has 0 unspecified atom stereocenters. The molecule has 1 aliphatic rings. The maximum atomic E-state index is 12.2. The van der Waals surface area contributed by atoms with Crippen LogP contribution in [0.25, 0.3) is 0 Å². The van der Waals surface area contributed by atoms with Crippen LogP contribution < -0.4 is 10.5 Å². The van der Waals surface area contributed by atoms with Crippen molar-refractivity contribution >= 4 is 38.9 Å². The zero-order valence-electron chi connectivity index (χ0n) is 10.2. The van der Waals surface area contributed by atoms with Crippen molar-refractivity contribution in [2.45, 2.75) is 29.9 Å². The van der Waals surface area contributed by atoms with Gasteiger partial charge >= 0.3 is 0 Å². The minimum atomic E-state index is -3.70. The molecule has 106 valence electrons. The molecule has 0 saturated heterocycles. The fraction of sp³-hybridized carbons (Fsp3) is 0.455. The summed E-state index contributed by atoms with van der Waals surface area (Å²) < 4.78 is 32.0. The van der Waals surface area contributed by atoms with E-state index >= 15 is 0 Å². The van der Waals surface area contributed by atoms with Gasteiger partial charge in [0.2, 0.25) is 10.0 Å². The van der Waals surface area contributed by atoms with Gasteiger partial charge in [0.15, 0.2) is 0 Å². The number of hydrogen-bond donors (Lipinski definition) is 2. The molecule has 0 bridgehead atoms. The predicted octanol–water partition coefficient (Wildman–Crippen LogP) is 2.03. The summed E-state index contributed by atoms with van der Waals surface area (Å²) >= 11 is 11.7. The molecule has 1 saturated carbocycles. The minimum absolute atomic E-state index is 0.0531. The SMILES string of the molecule is COC1CC(NS(=O)(=O)c2ccc(Cl)c(N)c2Cl)C1. The molecule has 8 heteroatoms. The first kappa shape index (κ1) is 14.9. The molecule has 3 N–H and O–H groups in total. The summed E-state index contributed by atoms with van der Waals surface area (Å²) in [6.07, 6.45) is 1.41. The number of nitrogens with one attached hydrogen (secondary N) is 1. The molecule has 1 aliphatic carbocycles. The average molecular weight is 325 g/mol. The summed E-state index contributed by atoms with van der Waals surface area (Å²) in [7, 11) is -2.09. The summed E-state index contributed by atoms with van der Waals surface area (Å²) in [6, 6.07) is 2.62. The predicted molar refractivity (Wildman–Crippen MR) is 75.0 cm³/mol. The van der Waals surface area contributed by atoms with Gasteiger partial charge < -0.3 is 10.5 Å². The first-order chi connectivity index (χ1) is 8.85. The molecule has 0 atom stereocenters. The van der Waals surface area contributed by atoms with Crippen LogP contribution in [-0.4, -0.2) is 27.7 Å². The molecule has 0 amide bonds. The standard InChI is InChI=1S/C11H14Cl2N2O3S/c1-18-7-4-6(5-7)15-19(16,17)9-3-2-8(12)11(14)10(9)13/h2-3,6-7,15H,4-5,14H2,1H3. The van der Waals surface area contributed by atoms with Crippen LogP contribution in [0, 0.1) is 0 Å². The van der Waals surface area contributed by atoms with Crippen LogP contribution in [0.2, 0.25) is 10.0 Å². The molecule has 5 nitrogen and oxygen atoms in total. The quantitative estimate of drug-likeness (QED) is 0.830. The third-order valence-corrected chi connectivity index (χ3v) is 5.54. The second-order valence-corrected chi connectivity index (χ2v) is 6.89. The number of ether oxygens (including phenoxy) is 1. The first-order valence-electron chi connectivity index (χ1n) is 5.63. The molecular formula is C11H14Cl2N2O3S. The number of nitrogen functional groups attached to an aromatic ring is 1. The molecule has 0 spiro atoms. The summed E-state index contributed by atoms with van der Waals surface area (Å²) in [5.41, 5.74) is 5.69. The number of sulfonamides is 1. The highest BCUT2D eigenvalue weighted by molar-refractivity contribution is 7.89. The first-order valence-corrected chi connectivity index (χ1v) is 7.87. The smallest absolute Gasteiger partial charge is 0.242 e. The Morgan fingerprint density at radius 2 is 2.00 bits per heavy atom. The Kier molecular flexibility index (Phi) is 4.27. The van der Waals surface area contributed by atoms with E-state index in [-0.39, 0.29) is 32.8 Å². The zero-order chi connectivity index (χ0) is 14.2. The molecular weight excluding hydrogens is 311 g/mol. The van der Waals surface area contributed by atoms with Crippen molar-refractivity contribution < 1.29 is 13.2 Å².